The molecular formula is C13H47F17O3Si. The molecule has 0 saturated heterocycles. The summed E-state index contributed by atoms with van der Waals surface area (Å²) in [6, 6.07) is 0.936. The summed E-state index contributed by atoms with van der Waals surface area (Å²) in [5.41, 5.74) is 0. The Morgan fingerprint density at radius 1 is 0.353 bits per heavy atom. The van der Waals surface area contributed by atoms with Gasteiger partial charge in [0.2, 0.25) is 0 Å². The summed E-state index contributed by atoms with van der Waals surface area (Å²) in [6.07, 6.45) is 10.6. The highest BCUT2D eigenvalue weighted by atomic mass is 28.4. The van der Waals surface area contributed by atoms with Gasteiger partial charge in [0.25, 0.3) is 0 Å². The van der Waals surface area contributed by atoms with E-state index >= 15 is 0 Å². The number of rotatable bonds is 12. The predicted octanol–water partition coefficient (Wildman–Crippen LogP) is 6.60. The summed E-state index contributed by atoms with van der Waals surface area (Å²) >= 11 is 0. The minimum atomic E-state index is -2.30. The minimum Gasteiger partial charge on any atom is -0.377 e. The number of unbranched alkanes of at least 4 members (excludes halogenated alkanes) is 7. The second kappa shape index (κ2) is 107. The highest BCUT2D eigenvalue weighted by Gasteiger charge is 2.36. The van der Waals surface area contributed by atoms with E-state index in [1.807, 2.05) is 0 Å². The van der Waals surface area contributed by atoms with Gasteiger partial charge in [-0.1, -0.05) is 51.9 Å². The number of hydrogen-bond donors (Lipinski definition) is 0. The topological polar surface area (TPSA) is 27.7 Å². The van der Waals surface area contributed by atoms with Crippen molar-refractivity contribution in [2.45, 2.75) is 64.3 Å². The molecule has 0 saturated carbocycles. The van der Waals surface area contributed by atoms with Crippen molar-refractivity contribution in [2.75, 3.05) is 21.3 Å². The molecule has 0 N–H and O–H groups in total. The van der Waals surface area contributed by atoms with Crippen LogP contribution in [-0.4, -0.2) is 30.1 Å². The molecule has 21 heteroatoms. The molecule has 0 atom stereocenters. The van der Waals surface area contributed by atoms with E-state index in [1.165, 1.54) is 44.9 Å². The Balaban J connectivity index is -0.00000000941. The van der Waals surface area contributed by atoms with Crippen molar-refractivity contribution in [3.63, 3.8) is 0 Å². The quantitative estimate of drug-likeness (QED) is 0.143. The van der Waals surface area contributed by atoms with Gasteiger partial charge < -0.3 is 13.3 Å². The molecule has 34 heavy (non-hydrogen) atoms. The van der Waals surface area contributed by atoms with Gasteiger partial charge >= 0.3 is 8.80 Å². The van der Waals surface area contributed by atoms with E-state index in [0.29, 0.717) is 0 Å². The SMILES string of the molecule is CCCCCCCCCC[Si](OC)(OC)OC.F.F.F.F.F.F.F.F.F.F.F.F.F.F.F.F.F. The lowest BCUT2D eigenvalue weighted by molar-refractivity contribution is 0.122. The monoisotopic (exact) mass is 602 g/mol. The first-order valence-electron chi connectivity index (χ1n) is 6.90. The van der Waals surface area contributed by atoms with Gasteiger partial charge in [-0.25, -0.2) is 0 Å². The summed E-state index contributed by atoms with van der Waals surface area (Å²) in [5.74, 6) is 0. The third-order valence-electron chi connectivity index (χ3n) is 3.27. The summed E-state index contributed by atoms with van der Waals surface area (Å²) < 4.78 is 16.2. The van der Waals surface area contributed by atoms with E-state index in [1.54, 1.807) is 21.3 Å². The van der Waals surface area contributed by atoms with Gasteiger partial charge in [-0.15, -0.1) is 0 Å². The maximum atomic E-state index is 5.39. The minimum absolute atomic E-state index is 0. The third-order valence-corrected chi connectivity index (χ3v) is 6.10. The van der Waals surface area contributed by atoms with E-state index < -0.39 is 8.80 Å². The second-order valence-electron chi connectivity index (χ2n) is 4.52. The molecule has 0 aromatic heterocycles. The smallest absolute Gasteiger partial charge is 0.377 e. The summed E-state index contributed by atoms with van der Waals surface area (Å²) in [6.45, 7) is 2.25. The first-order chi connectivity index (χ1) is 8.24. The third kappa shape index (κ3) is 77.3. The lowest BCUT2D eigenvalue weighted by Crippen LogP contribution is -2.42. The molecule has 240 valence electrons. The lowest BCUT2D eigenvalue weighted by Gasteiger charge is -2.24. The zero-order valence-corrected chi connectivity index (χ0v) is 20.0. The highest BCUT2D eigenvalue weighted by Crippen LogP contribution is 2.18. The normalized spacial score (nSPS) is 6.00. The van der Waals surface area contributed by atoms with Crippen LogP contribution in [0.2, 0.25) is 6.04 Å². The zero-order chi connectivity index (χ0) is 13.0. The first-order valence-corrected chi connectivity index (χ1v) is 8.83. The van der Waals surface area contributed by atoms with Crippen molar-refractivity contribution >= 4 is 8.80 Å². The van der Waals surface area contributed by atoms with Gasteiger partial charge in [-0.2, -0.15) is 0 Å². The summed E-state index contributed by atoms with van der Waals surface area (Å²) in [5, 5.41) is 0. The van der Waals surface area contributed by atoms with E-state index in [9.17, 15) is 0 Å². The van der Waals surface area contributed by atoms with Crippen molar-refractivity contribution in [3.05, 3.63) is 0 Å². The predicted molar refractivity (Wildman–Crippen MR) is 117 cm³/mol. The maximum absolute atomic E-state index is 5.39. The van der Waals surface area contributed by atoms with Gasteiger partial charge in [-0.3, -0.25) is 80.0 Å². The molecule has 0 heterocycles. The summed E-state index contributed by atoms with van der Waals surface area (Å²) in [7, 11) is 2.75. The fourth-order valence-electron chi connectivity index (χ4n) is 2.03. The van der Waals surface area contributed by atoms with E-state index in [4.69, 9.17) is 13.3 Å². The molecule has 0 aliphatic carbocycles. The molecule has 0 aliphatic rings. The van der Waals surface area contributed by atoms with Crippen molar-refractivity contribution < 1.29 is 93.3 Å². The Morgan fingerprint density at radius 2 is 0.559 bits per heavy atom. The van der Waals surface area contributed by atoms with Crippen LogP contribution in [0.3, 0.4) is 0 Å². The van der Waals surface area contributed by atoms with Crippen molar-refractivity contribution in [1.82, 2.24) is 0 Å². The van der Waals surface area contributed by atoms with Crippen LogP contribution in [0.15, 0.2) is 0 Å². The summed E-state index contributed by atoms with van der Waals surface area (Å²) in [4.78, 5) is 0. The van der Waals surface area contributed by atoms with Crippen LogP contribution in [0, 0.1) is 0 Å². The number of halogens is 17. The second-order valence-corrected chi connectivity index (χ2v) is 7.61. The lowest BCUT2D eigenvalue weighted by atomic mass is 10.1. The van der Waals surface area contributed by atoms with Crippen LogP contribution >= 0.6 is 0 Å². The van der Waals surface area contributed by atoms with Crippen LogP contribution in [0.1, 0.15) is 58.3 Å². The van der Waals surface area contributed by atoms with Crippen molar-refractivity contribution in [2.24, 2.45) is 0 Å². The zero-order valence-electron chi connectivity index (χ0n) is 19.0. The van der Waals surface area contributed by atoms with Crippen LogP contribution in [-0.2, 0) is 13.3 Å². The van der Waals surface area contributed by atoms with Crippen LogP contribution in [0.4, 0.5) is 80.0 Å². The Bertz CT molecular complexity index is 186. The van der Waals surface area contributed by atoms with Gasteiger partial charge in [0.05, 0.1) is 0 Å². The molecule has 0 aliphatic heterocycles. The van der Waals surface area contributed by atoms with E-state index in [2.05, 4.69) is 6.92 Å². The fourth-order valence-corrected chi connectivity index (χ4v) is 3.83. The average molecular weight is 603 g/mol. The Hall–Kier alpha value is -1.09. The van der Waals surface area contributed by atoms with Gasteiger partial charge in [0, 0.05) is 27.4 Å². The first kappa shape index (κ1) is 151. The van der Waals surface area contributed by atoms with E-state index in [-0.39, 0.29) is 80.0 Å². The Kier molecular flexibility index (Phi) is 473. The Labute approximate surface area is 189 Å². The van der Waals surface area contributed by atoms with Crippen molar-refractivity contribution in [1.29, 1.82) is 0 Å². The molecule has 3 nitrogen and oxygen atoms in total. The van der Waals surface area contributed by atoms with Crippen LogP contribution in [0.25, 0.3) is 0 Å². The molecule has 0 radical (unpaired) electrons. The molecule has 0 fully saturated rings. The standard InChI is InChI=1S/C13H30O3Si.17FH/c1-5-6-7-8-9-10-11-12-13-17(14-2,15-3)16-4;;;;;;;;;;;;;;;;;/h5-13H2,1-4H3;17*1H. The van der Waals surface area contributed by atoms with Crippen LogP contribution < -0.4 is 0 Å². The van der Waals surface area contributed by atoms with Gasteiger partial charge in [0.15, 0.2) is 0 Å². The van der Waals surface area contributed by atoms with Gasteiger partial charge in [0.1, 0.15) is 0 Å². The molecule has 0 aromatic rings. The molecule has 0 amide bonds. The molecule has 0 unspecified atom stereocenters. The molecule has 0 aromatic carbocycles. The van der Waals surface area contributed by atoms with Crippen molar-refractivity contribution in [3.8, 4) is 0 Å². The highest BCUT2D eigenvalue weighted by molar-refractivity contribution is 6.60. The van der Waals surface area contributed by atoms with Gasteiger partial charge in [-0.05, 0) is 6.42 Å². The fraction of sp³-hybridized carbons (Fsp3) is 1.00. The number of hydrogen-bond acceptors (Lipinski definition) is 3. The Morgan fingerprint density at radius 3 is 0.765 bits per heavy atom. The maximum Gasteiger partial charge on any atom is 0.500 e. The molecule has 0 spiro atoms. The molecular weight excluding hydrogens is 555 g/mol. The van der Waals surface area contributed by atoms with E-state index in [0.717, 1.165) is 12.5 Å². The molecule has 0 bridgehead atoms. The average Bonchev–Trinajstić information content (AvgIpc) is 2.38. The van der Waals surface area contributed by atoms with Crippen LogP contribution in [0.5, 0.6) is 0 Å². The largest absolute Gasteiger partial charge is 0.500 e. The molecule has 0 rings (SSSR count).